The molecule has 0 amide bonds. The predicted octanol–water partition coefficient (Wildman–Crippen LogP) is 4.44. The summed E-state index contributed by atoms with van der Waals surface area (Å²) in [7, 11) is -2.31. The number of hydrogen-bond acceptors (Lipinski definition) is 8. The number of ketones is 1. The van der Waals surface area contributed by atoms with Gasteiger partial charge in [-0.2, -0.15) is 4.31 Å². The number of para-hydroxylation sites is 1. The molecule has 4 rings (SSSR count). The number of hydrogen-bond donors (Lipinski definition) is 0. The molecule has 41 heavy (non-hydrogen) atoms. The number of nitrogens with zero attached hydrogens (tertiary/aromatic N) is 3. The molecule has 2 aliphatic heterocycles. The van der Waals surface area contributed by atoms with Gasteiger partial charge in [-0.05, 0) is 58.0 Å². The van der Waals surface area contributed by atoms with Crippen LogP contribution in [0.3, 0.4) is 0 Å². The molecule has 0 unspecified atom stereocenters. The van der Waals surface area contributed by atoms with Crippen LogP contribution in [-0.2, 0) is 19.5 Å². The number of carbonyl (C=O) groups is 1. The van der Waals surface area contributed by atoms with Gasteiger partial charge in [0.15, 0.2) is 12.1 Å². The molecular formula is C30H44FN3O6S. The lowest BCUT2D eigenvalue weighted by Gasteiger charge is -2.36. The first-order valence-corrected chi connectivity index (χ1v) is 15.3. The zero-order valence-electron chi connectivity index (χ0n) is 24.7. The van der Waals surface area contributed by atoms with Crippen LogP contribution in [-0.4, -0.2) is 95.8 Å². The summed E-state index contributed by atoms with van der Waals surface area (Å²) < 4.78 is 56.5. The highest BCUT2D eigenvalue weighted by Crippen LogP contribution is 2.32. The number of benzene rings is 2. The highest BCUT2D eigenvalue weighted by atomic mass is 32.2. The highest BCUT2D eigenvalue weighted by Gasteiger charge is 2.37. The number of ether oxygens (including phenoxy) is 3. The van der Waals surface area contributed by atoms with Gasteiger partial charge in [0.1, 0.15) is 11.6 Å². The van der Waals surface area contributed by atoms with Crippen molar-refractivity contribution in [3.05, 3.63) is 67.0 Å². The fraction of sp³-hybridized carbons (Fsp3) is 0.500. The molecule has 9 nitrogen and oxygen atoms in total. The number of piperazine rings is 1. The zero-order valence-corrected chi connectivity index (χ0v) is 25.5. The molecule has 2 heterocycles. The Kier molecular flexibility index (Phi) is 14.4. The van der Waals surface area contributed by atoms with Crippen molar-refractivity contribution in [1.29, 1.82) is 0 Å². The van der Waals surface area contributed by atoms with E-state index in [1.807, 2.05) is 31.7 Å². The van der Waals surface area contributed by atoms with Gasteiger partial charge in [0.05, 0.1) is 29.8 Å². The third-order valence-corrected chi connectivity index (χ3v) is 8.56. The quantitative estimate of drug-likeness (QED) is 0.295. The molecule has 11 heteroatoms. The van der Waals surface area contributed by atoms with Crippen LogP contribution in [0.25, 0.3) is 0 Å². The Morgan fingerprint density at radius 1 is 0.951 bits per heavy atom. The molecule has 0 N–H and O–H groups in total. The molecule has 0 saturated carbocycles. The van der Waals surface area contributed by atoms with E-state index in [1.165, 1.54) is 23.5 Å². The van der Waals surface area contributed by atoms with Crippen LogP contribution in [0.2, 0.25) is 0 Å². The molecule has 0 radical (unpaired) electrons. The fourth-order valence-corrected chi connectivity index (χ4v) is 6.40. The van der Waals surface area contributed by atoms with Gasteiger partial charge < -0.3 is 19.1 Å². The highest BCUT2D eigenvalue weighted by molar-refractivity contribution is 7.89. The van der Waals surface area contributed by atoms with E-state index in [-0.39, 0.29) is 41.4 Å². The first-order valence-electron chi connectivity index (χ1n) is 13.9. The average molecular weight is 594 g/mol. The molecule has 0 atom stereocenters. The van der Waals surface area contributed by atoms with Gasteiger partial charge in [-0.1, -0.05) is 18.2 Å². The molecule has 0 aliphatic carbocycles. The van der Waals surface area contributed by atoms with Crippen LogP contribution in [0.4, 0.5) is 10.1 Å². The van der Waals surface area contributed by atoms with Crippen LogP contribution in [0.5, 0.6) is 5.75 Å². The Morgan fingerprint density at radius 3 is 2.17 bits per heavy atom. The Morgan fingerprint density at radius 2 is 1.59 bits per heavy atom. The zero-order chi connectivity index (χ0) is 30.4. The summed E-state index contributed by atoms with van der Waals surface area (Å²) in [5, 5.41) is 0. The first kappa shape index (κ1) is 34.4. The van der Waals surface area contributed by atoms with Gasteiger partial charge in [0, 0.05) is 45.9 Å². The summed E-state index contributed by atoms with van der Waals surface area (Å²) in [4.78, 5) is 16.9. The number of rotatable bonds is 10. The number of methoxy groups -OCH3 is 1. The molecule has 2 aliphatic rings. The summed E-state index contributed by atoms with van der Waals surface area (Å²) in [5.74, 6) is -0.174. The maximum absolute atomic E-state index is 14.0. The Bertz CT molecular complexity index is 1200. The van der Waals surface area contributed by atoms with Crippen molar-refractivity contribution in [2.45, 2.75) is 38.4 Å². The minimum atomic E-state index is -3.74. The lowest BCUT2D eigenvalue weighted by atomic mass is 10.1. The molecule has 2 aromatic rings. The average Bonchev–Trinajstić information content (AvgIpc) is 2.98. The number of sulfonamides is 1. The van der Waals surface area contributed by atoms with Crippen molar-refractivity contribution >= 4 is 21.5 Å². The van der Waals surface area contributed by atoms with E-state index in [4.69, 9.17) is 14.2 Å². The van der Waals surface area contributed by atoms with E-state index < -0.39 is 10.0 Å². The number of anilines is 1. The SMILES string of the molecule is C=C.CCOC(C)OCC.COc1cccc2c1C(=O)CN(CCCN1CCN(c3ccccc3F)CC1)S2(=O)=O. The Balaban J connectivity index is 0.000000509. The monoisotopic (exact) mass is 593 g/mol. The van der Waals surface area contributed by atoms with E-state index in [0.29, 0.717) is 30.9 Å². The second kappa shape index (κ2) is 17.2. The van der Waals surface area contributed by atoms with Crippen molar-refractivity contribution in [1.82, 2.24) is 9.21 Å². The van der Waals surface area contributed by atoms with Crippen molar-refractivity contribution in [2.24, 2.45) is 0 Å². The molecule has 1 fully saturated rings. The lowest BCUT2D eigenvalue weighted by Crippen LogP contribution is -2.48. The van der Waals surface area contributed by atoms with Gasteiger partial charge in [-0.15, -0.1) is 13.2 Å². The molecule has 1 saturated heterocycles. The van der Waals surface area contributed by atoms with E-state index >= 15 is 0 Å². The topological polar surface area (TPSA) is 88.6 Å². The van der Waals surface area contributed by atoms with Gasteiger partial charge in [-0.25, -0.2) is 12.8 Å². The van der Waals surface area contributed by atoms with Gasteiger partial charge in [0.2, 0.25) is 10.0 Å². The van der Waals surface area contributed by atoms with Crippen LogP contribution < -0.4 is 9.64 Å². The Hall–Kier alpha value is -2.83. The minimum absolute atomic E-state index is 0.0154. The third kappa shape index (κ3) is 9.34. The van der Waals surface area contributed by atoms with Crippen LogP contribution in [0.1, 0.15) is 37.6 Å². The fourth-order valence-electron chi connectivity index (χ4n) is 4.74. The van der Waals surface area contributed by atoms with Crippen molar-refractivity contribution in [3.8, 4) is 5.75 Å². The molecule has 2 aromatic carbocycles. The third-order valence-electron chi connectivity index (χ3n) is 6.67. The summed E-state index contributed by atoms with van der Waals surface area (Å²) in [5.41, 5.74) is 0.764. The van der Waals surface area contributed by atoms with Gasteiger partial charge in [0.25, 0.3) is 0 Å². The molecule has 0 aromatic heterocycles. The molecule has 0 spiro atoms. The van der Waals surface area contributed by atoms with E-state index in [1.54, 1.807) is 24.3 Å². The Labute approximate surface area is 244 Å². The van der Waals surface area contributed by atoms with E-state index in [2.05, 4.69) is 18.1 Å². The second-order valence-electron chi connectivity index (χ2n) is 9.21. The van der Waals surface area contributed by atoms with Crippen molar-refractivity contribution in [2.75, 3.05) is 71.0 Å². The summed E-state index contributed by atoms with van der Waals surface area (Å²) >= 11 is 0. The standard InChI is InChI=1S/C22H26FN3O4S.C6H14O2.C2H4/c1-30-20-8-4-9-21-22(20)19(27)16-26(31(21,28)29)11-5-10-24-12-14-25(15-13-24)18-7-3-2-6-17(18)23;1-4-7-6(3)8-5-2;1-2/h2-4,6-9H,5,10-16H2,1H3;6H,4-5H2,1-3H3;1-2H2. The minimum Gasteiger partial charge on any atom is -0.496 e. The molecule has 228 valence electrons. The summed E-state index contributed by atoms with van der Waals surface area (Å²) in [6, 6.07) is 11.4. The number of halogens is 1. The normalized spacial score (nSPS) is 16.7. The maximum atomic E-state index is 14.0. The largest absolute Gasteiger partial charge is 0.496 e. The van der Waals surface area contributed by atoms with Crippen molar-refractivity contribution in [3.63, 3.8) is 0 Å². The second-order valence-corrected chi connectivity index (χ2v) is 11.1. The van der Waals surface area contributed by atoms with Crippen molar-refractivity contribution < 1.29 is 31.8 Å². The molecule has 0 bridgehead atoms. The smallest absolute Gasteiger partial charge is 0.244 e. The van der Waals surface area contributed by atoms with Crippen LogP contribution in [0.15, 0.2) is 60.5 Å². The maximum Gasteiger partial charge on any atom is 0.244 e. The first-order chi connectivity index (χ1) is 19.7. The molecular weight excluding hydrogens is 549 g/mol. The number of fused-ring (bicyclic) bond motifs is 1. The number of carbonyl (C=O) groups excluding carboxylic acids is 1. The predicted molar refractivity (Wildman–Crippen MR) is 160 cm³/mol. The number of Topliss-reactive ketones (excluding diaryl/α,β-unsaturated/α-hetero) is 1. The summed E-state index contributed by atoms with van der Waals surface area (Å²) in [6.07, 6.45) is 0.580. The van der Waals surface area contributed by atoms with E-state index in [9.17, 15) is 17.6 Å². The van der Waals surface area contributed by atoms with Gasteiger partial charge in [-0.3, -0.25) is 9.69 Å². The van der Waals surface area contributed by atoms with Crippen LogP contribution >= 0.6 is 0 Å². The van der Waals surface area contributed by atoms with Crippen LogP contribution in [0, 0.1) is 5.82 Å². The lowest BCUT2D eigenvalue weighted by molar-refractivity contribution is -0.123. The van der Waals surface area contributed by atoms with E-state index in [0.717, 1.165) is 32.8 Å². The summed E-state index contributed by atoms with van der Waals surface area (Å²) in [6.45, 7) is 17.1. The van der Waals surface area contributed by atoms with Gasteiger partial charge >= 0.3 is 0 Å².